The third kappa shape index (κ3) is 4.98. The van der Waals surface area contributed by atoms with Crippen LogP contribution in [0.4, 0.5) is 22.4 Å². The van der Waals surface area contributed by atoms with E-state index in [1.54, 1.807) is 19.2 Å². The fraction of sp³-hybridized carbons (Fsp3) is 0.652. The normalized spacial score (nSPS) is 24.3. The number of fused-ring (bicyclic) bond motifs is 2. The lowest BCUT2D eigenvalue weighted by Crippen LogP contribution is -2.62. The van der Waals surface area contributed by atoms with Gasteiger partial charge in [-0.2, -0.15) is 15.1 Å². The molecule has 5 heterocycles. The number of nitrogens with zero attached hydrogens (tertiary/aromatic N) is 6. The first kappa shape index (κ1) is 23.6. The van der Waals surface area contributed by atoms with Gasteiger partial charge in [-0.05, 0) is 32.1 Å². The summed E-state index contributed by atoms with van der Waals surface area (Å²) in [6, 6.07) is 4.24. The lowest BCUT2D eigenvalue weighted by atomic mass is 9.81. The number of hydrogen-bond acceptors (Lipinski definition) is 9. The second-order valence-electron chi connectivity index (χ2n) is 9.42. The standard InChI is InChI=1S/C23H34N8O4/c1-29(22-25-19(13-21(26-22)34-2)24-20-10-15(14-32)27-28-20)18-11-16-4-3-5-17(12-18)31(16)23(33)30-6-8-35-9-7-30/h10,13,16-18,32H,3-9,11-12,14H2,1-2H3,(H2,24,25,26,27,28)/t16-,17+,18-. The Kier molecular flexibility index (Phi) is 6.91. The molecule has 0 aliphatic carbocycles. The number of aliphatic hydroxyl groups is 1. The van der Waals surface area contributed by atoms with E-state index in [9.17, 15) is 9.90 Å². The van der Waals surface area contributed by atoms with Crippen LogP contribution in [0.2, 0.25) is 0 Å². The molecule has 190 valence electrons. The summed E-state index contributed by atoms with van der Waals surface area (Å²) in [6.07, 6.45) is 4.96. The zero-order chi connectivity index (χ0) is 24.4. The highest BCUT2D eigenvalue weighted by atomic mass is 16.5. The number of carbonyl (C=O) groups excluding carboxylic acids is 1. The van der Waals surface area contributed by atoms with E-state index in [-0.39, 0.29) is 30.8 Å². The summed E-state index contributed by atoms with van der Waals surface area (Å²) in [5.74, 6) is 2.10. The Hall–Kier alpha value is -3.12. The van der Waals surface area contributed by atoms with Crippen molar-refractivity contribution in [2.45, 2.75) is 56.8 Å². The number of rotatable bonds is 6. The Labute approximate surface area is 204 Å². The van der Waals surface area contributed by atoms with Gasteiger partial charge in [-0.15, -0.1) is 0 Å². The smallest absolute Gasteiger partial charge is 0.320 e. The summed E-state index contributed by atoms with van der Waals surface area (Å²) >= 11 is 0. The first-order chi connectivity index (χ1) is 17.1. The highest BCUT2D eigenvalue weighted by Gasteiger charge is 2.43. The van der Waals surface area contributed by atoms with Gasteiger partial charge in [0.1, 0.15) is 5.82 Å². The van der Waals surface area contributed by atoms with Gasteiger partial charge in [-0.3, -0.25) is 5.10 Å². The fourth-order valence-electron chi connectivity index (χ4n) is 5.44. The summed E-state index contributed by atoms with van der Waals surface area (Å²) in [7, 11) is 3.59. The van der Waals surface area contributed by atoms with Crippen LogP contribution in [0.25, 0.3) is 0 Å². The number of urea groups is 1. The number of hydrogen-bond donors (Lipinski definition) is 3. The lowest BCUT2D eigenvalue weighted by molar-refractivity contribution is 0.0105. The number of amides is 2. The Morgan fingerprint density at radius 2 is 1.97 bits per heavy atom. The van der Waals surface area contributed by atoms with Gasteiger partial charge in [0.2, 0.25) is 11.8 Å². The number of ether oxygens (including phenoxy) is 2. The van der Waals surface area contributed by atoms with Crippen LogP contribution in [-0.2, 0) is 11.3 Å². The second kappa shape index (κ2) is 10.2. The summed E-state index contributed by atoms with van der Waals surface area (Å²) in [5.41, 5.74) is 0.607. The van der Waals surface area contributed by atoms with Crippen molar-refractivity contribution in [3.05, 3.63) is 17.8 Å². The molecule has 0 aromatic carbocycles. The Balaban J connectivity index is 1.32. The van der Waals surface area contributed by atoms with Crippen LogP contribution in [0.15, 0.2) is 12.1 Å². The minimum Gasteiger partial charge on any atom is -0.481 e. The summed E-state index contributed by atoms with van der Waals surface area (Å²) in [5, 5.41) is 19.3. The number of H-pyrrole nitrogens is 1. The maximum Gasteiger partial charge on any atom is 0.320 e. The van der Waals surface area contributed by atoms with Gasteiger partial charge >= 0.3 is 6.03 Å². The van der Waals surface area contributed by atoms with Gasteiger partial charge in [0, 0.05) is 50.4 Å². The number of morpholine rings is 1. The average molecular weight is 487 g/mol. The first-order valence-corrected chi connectivity index (χ1v) is 12.3. The molecule has 0 radical (unpaired) electrons. The van der Waals surface area contributed by atoms with E-state index in [0.29, 0.717) is 55.5 Å². The number of carbonyl (C=O) groups is 1. The highest BCUT2D eigenvalue weighted by Crippen LogP contribution is 2.37. The van der Waals surface area contributed by atoms with Crippen molar-refractivity contribution in [2.75, 3.05) is 50.7 Å². The molecule has 12 nitrogen and oxygen atoms in total. The molecule has 2 aromatic rings. The maximum absolute atomic E-state index is 13.3. The SMILES string of the molecule is COc1cc(Nc2cc(CO)[nH]n2)nc(N(C)[C@@H]2C[C@H]3CCC[C@@H](C2)N3C(=O)N2CCOCC2)n1. The number of aromatic nitrogens is 4. The van der Waals surface area contributed by atoms with Crippen molar-refractivity contribution >= 4 is 23.6 Å². The molecular weight excluding hydrogens is 452 g/mol. The van der Waals surface area contributed by atoms with E-state index in [2.05, 4.69) is 30.3 Å². The molecule has 2 aromatic heterocycles. The van der Waals surface area contributed by atoms with Crippen LogP contribution >= 0.6 is 0 Å². The minimum atomic E-state index is -0.120. The van der Waals surface area contributed by atoms with E-state index in [1.807, 2.05) is 11.9 Å². The lowest BCUT2D eigenvalue weighted by Gasteiger charge is -2.51. The fourth-order valence-corrected chi connectivity index (χ4v) is 5.44. The van der Waals surface area contributed by atoms with Gasteiger partial charge in [-0.1, -0.05) is 0 Å². The number of piperidine rings is 2. The van der Waals surface area contributed by atoms with Crippen molar-refractivity contribution in [1.29, 1.82) is 0 Å². The number of methoxy groups -OCH3 is 1. The number of anilines is 3. The van der Waals surface area contributed by atoms with E-state index >= 15 is 0 Å². The van der Waals surface area contributed by atoms with Crippen LogP contribution in [0, 0.1) is 0 Å². The third-order valence-corrected chi connectivity index (χ3v) is 7.27. The zero-order valence-corrected chi connectivity index (χ0v) is 20.3. The summed E-state index contributed by atoms with van der Waals surface area (Å²) < 4.78 is 10.9. The van der Waals surface area contributed by atoms with E-state index < -0.39 is 0 Å². The first-order valence-electron chi connectivity index (χ1n) is 12.3. The molecule has 2 amide bonds. The summed E-state index contributed by atoms with van der Waals surface area (Å²) in [6.45, 7) is 2.44. The van der Waals surface area contributed by atoms with Gasteiger partial charge in [0.25, 0.3) is 0 Å². The molecular formula is C23H34N8O4. The van der Waals surface area contributed by atoms with Gasteiger partial charge in [0.15, 0.2) is 5.82 Å². The monoisotopic (exact) mass is 486 g/mol. The van der Waals surface area contributed by atoms with Gasteiger partial charge in [0.05, 0.1) is 32.6 Å². The molecule has 3 saturated heterocycles. The molecule has 3 aliphatic rings. The Morgan fingerprint density at radius 1 is 1.23 bits per heavy atom. The van der Waals surface area contributed by atoms with Crippen molar-refractivity contribution in [3.8, 4) is 5.88 Å². The highest BCUT2D eigenvalue weighted by molar-refractivity contribution is 5.75. The molecule has 5 rings (SSSR count). The molecule has 2 bridgehead atoms. The van der Waals surface area contributed by atoms with Crippen molar-refractivity contribution < 1.29 is 19.4 Å². The number of aliphatic hydroxyl groups excluding tert-OH is 1. The summed E-state index contributed by atoms with van der Waals surface area (Å²) in [4.78, 5) is 28.9. The molecule has 0 saturated carbocycles. The van der Waals surface area contributed by atoms with Crippen LogP contribution in [0.3, 0.4) is 0 Å². The Morgan fingerprint density at radius 3 is 2.63 bits per heavy atom. The van der Waals surface area contributed by atoms with E-state index in [0.717, 1.165) is 32.1 Å². The van der Waals surface area contributed by atoms with Crippen LogP contribution < -0.4 is 15.0 Å². The second-order valence-corrected chi connectivity index (χ2v) is 9.42. The van der Waals surface area contributed by atoms with Crippen LogP contribution in [0.5, 0.6) is 5.88 Å². The van der Waals surface area contributed by atoms with Crippen LogP contribution in [0.1, 0.15) is 37.8 Å². The molecule has 3 N–H and O–H groups in total. The van der Waals surface area contributed by atoms with Gasteiger partial charge < -0.3 is 34.6 Å². The molecule has 35 heavy (non-hydrogen) atoms. The molecule has 0 spiro atoms. The van der Waals surface area contributed by atoms with E-state index in [4.69, 9.17) is 14.5 Å². The topological polar surface area (TPSA) is 132 Å². The quantitative estimate of drug-likeness (QED) is 0.558. The third-order valence-electron chi connectivity index (χ3n) is 7.27. The van der Waals surface area contributed by atoms with Crippen molar-refractivity contribution in [1.82, 2.24) is 30.0 Å². The zero-order valence-electron chi connectivity index (χ0n) is 20.3. The molecule has 3 fully saturated rings. The minimum absolute atomic E-state index is 0.120. The van der Waals surface area contributed by atoms with Crippen molar-refractivity contribution in [3.63, 3.8) is 0 Å². The van der Waals surface area contributed by atoms with Crippen molar-refractivity contribution in [2.24, 2.45) is 0 Å². The van der Waals surface area contributed by atoms with Gasteiger partial charge in [-0.25, -0.2) is 4.79 Å². The van der Waals surface area contributed by atoms with Crippen LogP contribution in [-0.4, -0.2) is 99.7 Å². The number of nitrogens with one attached hydrogen (secondary N) is 2. The molecule has 0 unspecified atom stereocenters. The van der Waals surface area contributed by atoms with E-state index in [1.165, 1.54) is 0 Å². The maximum atomic E-state index is 13.3. The average Bonchev–Trinajstić information content (AvgIpc) is 3.34. The predicted molar refractivity (Wildman–Crippen MR) is 129 cm³/mol. The largest absolute Gasteiger partial charge is 0.481 e. The number of aromatic amines is 1. The molecule has 3 aliphatic heterocycles. The Bertz CT molecular complexity index is 1010. The predicted octanol–water partition coefficient (Wildman–Crippen LogP) is 1.72. The molecule has 3 atom stereocenters. The molecule has 12 heteroatoms.